The fraction of sp³-hybridized carbons (Fsp3) is 0.818. The van der Waals surface area contributed by atoms with Crippen molar-refractivity contribution in [1.82, 2.24) is 4.90 Å². The van der Waals surface area contributed by atoms with Crippen LogP contribution >= 0.6 is 0 Å². The number of rotatable bonds is 6. The summed E-state index contributed by atoms with van der Waals surface area (Å²) in [7, 11) is 0. The second-order valence-corrected chi connectivity index (χ2v) is 3.34. The fourth-order valence-electron chi connectivity index (χ4n) is 1.40. The summed E-state index contributed by atoms with van der Waals surface area (Å²) in [5.41, 5.74) is 0. The summed E-state index contributed by atoms with van der Waals surface area (Å²) in [6.07, 6.45) is -0.192. The maximum atomic E-state index is 11.5. The van der Waals surface area contributed by atoms with Crippen LogP contribution in [0, 0.1) is 0 Å². The summed E-state index contributed by atoms with van der Waals surface area (Å²) >= 11 is 0. The number of nitrogens with zero attached hydrogens (tertiary/aromatic N) is 1. The van der Waals surface area contributed by atoms with E-state index >= 15 is 0 Å². The van der Waals surface area contributed by atoms with Gasteiger partial charge in [-0.25, -0.2) is 4.79 Å². The monoisotopic (exact) mass is 231 g/mol. The molecule has 0 fully saturated rings. The zero-order valence-corrected chi connectivity index (χ0v) is 10.5. The zero-order chi connectivity index (χ0) is 12.6. The van der Waals surface area contributed by atoms with E-state index in [-0.39, 0.29) is 24.5 Å². The number of carbonyl (C=O) groups is 2. The van der Waals surface area contributed by atoms with Crippen LogP contribution in [0.25, 0.3) is 0 Å². The van der Waals surface area contributed by atoms with Crippen LogP contribution in [0.15, 0.2) is 0 Å². The van der Waals surface area contributed by atoms with Crippen molar-refractivity contribution in [2.45, 2.75) is 40.2 Å². The summed E-state index contributed by atoms with van der Waals surface area (Å²) < 4.78 is 9.72. The average molecular weight is 231 g/mol. The van der Waals surface area contributed by atoms with E-state index in [9.17, 15) is 9.59 Å². The van der Waals surface area contributed by atoms with E-state index in [1.807, 2.05) is 6.92 Å². The van der Waals surface area contributed by atoms with Crippen LogP contribution in [0.1, 0.15) is 34.1 Å². The van der Waals surface area contributed by atoms with Gasteiger partial charge in [-0.3, -0.25) is 4.79 Å². The predicted octanol–water partition coefficient (Wildman–Crippen LogP) is 1.81. The third-order valence-corrected chi connectivity index (χ3v) is 2.14. The predicted molar refractivity (Wildman–Crippen MR) is 60.1 cm³/mol. The lowest BCUT2D eigenvalue weighted by Crippen LogP contribution is -2.40. The van der Waals surface area contributed by atoms with Crippen molar-refractivity contribution in [3.63, 3.8) is 0 Å². The topological polar surface area (TPSA) is 55.8 Å². The minimum atomic E-state index is -0.387. The number of carbonyl (C=O) groups excluding carboxylic acids is 2. The second kappa shape index (κ2) is 7.96. The molecule has 0 aromatic carbocycles. The lowest BCUT2D eigenvalue weighted by atomic mass is 10.2. The van der Waals surface area contributed by atoms with E-state index in [1.54, 1.807) is 20.8 Å². The van der Waals surface area contributed by atoms with Gasteiger partial charge in [0, 0.05) is 12.6 Å². The Morgan fingerprint density at radius 2 is 1.69 bits per heavy atom. The Balaban J connectivity index is 4.24. The van der Waals surface area contributed by atoms with E-state index in [0.717, 1.165) is 0 Å². The summed E-state index contributed by atoms with van der Waals surface area (Å²) in [6.45, 7) is 8.36. The molecule has 94 valence electrons. The summed E-state index contributed by atoms with van der Waals surface area (Å²) in [6, 6.07) is -0.205. The van der Waals surface area contributed by atoms with Crippen LogP contribution in [0.3, 0.4) is 0 Å². The maximum Gasteiger partial charge on any atom is 0.409 e. The molecule has 0 aliphatic carbocycles. The molecule has 0 aromatic heterocycles. The Morgan fingerprint density at radius 3 is 2.12 bits per heavy atom. The van der Waals surface area contributed by atoms with Gasteiger partial charge in [0.15, 0.2) is 0 Å². The Kier molecular flexibility index (Phi) is 7.33. The van der Waals surface area contributed by atoms with Gasteiger partial charge >= 0.3 is 12.1 Å². The average Bonchev–Trinajstić information content (AvgIpc) is 2.19. The minimum absolute atomic E-state index is 0.195. The van der Waals surface area contributed by atoms with Crippen LogP contribution in [0.5, 0.6) is 0 Å². The molecule has 0 saturated heterocycles. The minimum Gasteiger partial charge on any atom is -0.466 e. The highest BCUT2D eigenvalue weighted by atomic mass is 16.6. The van der Waals surface area contributed by atoms with Gasteiger partial charge in [0.1, 0.15) is 0 Å². The first-order chi connectivity index (χ1) is 7.56. The third-order valence-electron chi connectivity index (χ3n) is 2.14. The van der Waals surface area contributed by atoms with Crippen molar-refractivity contribution in [3.05, 3.63) is 0 Å². The second-order valence-electron chi connectivity index (χ2n) is 3.34. The van der Waals surface area contributed by atoms with Gasteiger partial charge in [0.25, 0.3) is 0 Å². The molecule has 0 aromatic rings. The molecule has 16 heavy (non-hydrogen) atoms. The summed E-state index contributed by atoms with van der Waals surface area (Å²) in [5.74, 6) is -0.294. The van der Waals surface area contributed by atoms with Crippen LogP contribution in [-0.2, 0) is 14.3 Å². The highest BCUT2D eigenvalue weighted by molar-refractivity contribution is 5.72. The molecule has 0 heterocycles. The summed E-state index contributed by atoms with van der Waals surface area (Å²) in [4.78, 5) is 24.3. The normalized spacial score (nSPS) is 11.8. The van der Waals surface area contributed by atoms with Gasteiger partial charge in [-0.15, -0.1) is 0 Å². The smallest absolute Gasteiger partial charge is 0.409 e. The van der Waals surface area contributed by atoms with Crippen LogP contribution in [0.2, 0.25) is 0 Å². The SMILES string of the molecule is CCOC(=O)CC(C)N(CC)C(=O)OCC. The van der Waals surface area contributed by atoms with Crippen molar-refractivity contribution in [3.8, 4) is 0 Å². The molecule has 0 N–H and O–H groups in total. The van der Waals surface area contributed by atoms with Crippen molar-refractivity contribution in [2.75, 3.05) is 19.8 Å². The first-order valence-electron chi connectivity index (χ1n) is 5.65. The van der Waals surface area contributed by atoms with Gasteiger partial charge < -0.3 is 14.4 Å². The molecule has 5 nitrogen and oxygen atoms in total. The number of hydrogen-bond acceptors (Lipinski definition) is 4. The molecular formula is C11H21NO4. The van der Waals surface area contributed by atoms with Gasteiger partial charge in [-0.05, 0) is 27.7 Å². The van der Waals surface area contributed by atoms with E-state index in [1.165, 1.54) is 4.90 Å². The third kappa shape index (κ3) is 5.00. The standard InChI is InChI=1S/C11H21NO4/c1-5-12(11(14)16-7-3)9(4)8-10(13)15-6-2/h9H,5-8H2,1-4H3. The Labute approximate surface area is 96.7 Å². The van der Waals surface area contributed by atoms with Crippen LogP contribution in [0.4, 0.5) is 4.79 Å². The Morgan fingerprint density at radius 1 is 1.12 bits per heavy atom. The largest absolute Gasteiger partial charge is 0.466 e. The molecule has 0 saturated carbocycles. The number of hydrogen-bond donors (Lipinski definition) is 0. The van der Waals surface area contributed by atoms with E-state index in [0.29, 0.717) is 19.8 Å². The van der Waals surface area contributed by atoms with Crippen molar-refractivity contribution >= 4 is 12.1 Å². The molecule has 5 heteroatoms. The number of esters is 1. The van der Waals surface area contributed by atoms with Gasteiger partial charge in [0.05, 0.1) is 19.6 Å². The highest BCUT2D eigenvalue weighted by Crippen LogP contribution is 2.07. The van der Waals surface area contributed by atoms with Gasteiger partial charge in [0.2, 0.25) is 0 Å². The lowest BCUT2D eigenvalue weighted by molar-refractivity contribution is -0.144. The number of amides is 1. The molecule has 1 unspecified atom stereocenters. The molecule has 0 aliphatic heterocycles. The van der Waals surface area contributed by atoms with E-state index < -0.39 is 0 Å². The first kappa shape index (κ1) is 14.7. The maximum absolute atomic E-state index is 11.5. The van der Waals surface area contributed by atoms with Gasteiger partial charge in [-0.1, -0.05) is 0 Å². The number of ether oxygens (including phenoxy) is 2. The van der Waals surface area contributed by atoms with E-state index in [2.05, 4.69) is 0 Å². The molecule has 0 rings (SSSR count). The van der Waals surface area contributed by atoms with Crippen LogP contribution in [-0.4, -0.2) is 42.8 Å². The van der Waals surface area contributed by atoms with Crippen molar-refractivity contribution < 1.29 is 19.1 Å². The zero-order valence-electron chi connectivity index (χ0n) is 10.5. The molecule has 1 atom stereocenters. The molecule has 0 radical (unpaired) electrons. The Hall–Kier alpha value is -1.26. The van der Waals surface area contributed by atoms with E-state index in [4.69, 9.17) is 9.47 Å². The molecule has 1 amide bonds. The van der Waals surface area contributed by atoms with Crippen LogP contribution < -0.4 is 0 Å². The first-order valence-corrected chi connectivity index (χ1v) is 5.65. The molecule has 0 aliphatic rings. The quantitative estimate of drug-likeness (QED) is 0.654. The van der Waals surface area contributed by atoms with Crippen molar-refractivity contribution in [1.29, 1.82) is 0 Å². The van der Waals surface area contributed by atoms with Gasteiger partial charge in [-0.2, -0.15) is 0 Å². The lowest BCUT2D eigenvalue weighted by Gasteiger charge is -2.26. The highest BCUT2D eigenvalue weighted by Gasteiger charge is 2.22. The molecular weight excluding hydrogens is 210 g/mol. The summed E-state index contributed by atoms with van der Waals surface area (Å²) in [5, 5.41) is 0. The molecule has 0 bridgehead atoms. The van der Waals surface area contributed by atoms with Crippen molar-refractivity contribution in [2.24, 2.45) is 0 Å². The Bertz CT molecular complexity index is 230. The molecule has 0 spiro atoms. The fourth-order valence-corrected chi connectivity index (χ4v) is 1.40.